The summed E-state index contributed by atoms with van der Waals surface area (Å²) in [7, 11) is 6.58. The summed E-state index contributed by atoms with van der Waals surface area (Å²) in [6.45, 7) is 7.37. The minimum absolute atomic E-state index is 0.188. The largest absolute Gasteiger partial charge is 0.299 e. The Morgan fingerprint density at radius 3 is 1.36 bits per heavy atom. The summed E-state index contributed by atoms with van der Waals surface area (Å²) in [5, 5.41) is 0. The Kier molecular flexibility index (Phi) is 3.40. The quantitative estimate of drug-likeness (QED) is 0.541. The summed E-state index contributed by atoms with van der Waals surface area (Å²) < 4.78 is 7.54. The molecule has 3 rings (SSSR count). The Morgan fingerprint density at radius 1 is 0.643 bits per heavy atom. The molecule has 0 amide bonds. The van der Waals surface area contributed by atoms with Gasteiger partial charge in [-0.3, -0.25) is 18.9 Å². The highest BCUT2D eigenvalue weighted by atomic mass is 31.2. The second-order valence-corrected chi connectivity index (χ2v) is 6.84. The zero-order valence-electron chi connectivity index (χ0n) is 9.48. The molecule has 0 aromatic heterocycles. The number of nitrogens with zero attached hydrogens (tertiary/aromatic N) is 4. The Bertz CT molecular complexity index is 168. The highest BCUT2D eigenvalue weighted by molar-refractivity contribution is 7.50. The van der Waals surface area contributed by atoms with E-state index < -0.39 is 0 Å². The predicted molar refractivity (Wildman–Crippen MR) is 61.3 cm³/mol. The van der Waals surface area contributed by atoms with Gasteiger partial charge >= 0.3 is 0 Å². The third-order valence-electron chi connectivity index (χ3n) is 3.14. The van der Waals surface area contributed by atoms with Crippen molar-refractivity contribution in [2.24, 2.45) is 0 Å². The van der Waals surface area contributed by atoms with E-state index in [-0.39, 0.29) is 8.37 Å². The minimum Gasteiger partial charge on any atom is -0.299 e. The first kappa shape index (κ1) is 10.8. The van der Waals surface area contributed by atoms with E-state index in [0.29, 0.717) is 0 Å². The highest BCUT2D eigenvalue weighted by Crippen LogP contribution is 2.45. The summed E-state index contributed by atoms with van der Waals surface area (Å²) in [5.41, 5.74) is 0. The average molecular weight is 216 g/mol. The van der Waals surface area contributed by atoms with Crippen molar-refractivity contribution in [3.8, 4) is 0 Å². The third-order valence-corrected chi connectivity index (χ3v) is 5.57. The van der Waals surface area contributed by atoms with E-state index in [0.717, 1.165) is 0 Å². The molecule has 0 spiro atoms. The van der Waals surface area contributed by atoms with Crippen LogP contribution in [0.3, 0.4) is 0 Å². The second-order valence-electron chi connectivity index (χ2n) is 4.25. The van der Waals surface area contributed by atoms with Crippen molar-refractivity contribution in [3.63, 3.8) is 0 Å². The fourth-order valence-electron chi connectivity index (χ4n) is 2.24. The summed E-state index contributed by atoms with van der Waals surface area (Å²) >= 11 is 0. The molecule has 2 bridgehead atoms. The molecular formula is C9H21N4P. The first-order valence-corrected chi connectivity index (χ1v) is 6.54. The van der Waals surface area contributed by atoms with Gasteiger partial charge in [0.15, 0.2) is 0 Å². The summed E-state index contributed by atoms with van der Waals surface area (Å²) in [6.07, 6.45) is 0. The number of likely N-dealkylation sites (N-methyl/N-ethyl adjacent to an activating group) is 3. The Morgan fingerprint density at radius 2 is 1.00 bits per heavy atom. The van der Waals surface area contributed by atoms with Gasteiger partial charge in [-0.2, -0.15) is 0 Å². The SMILES string of the molecule is CN1CCN2CCN(C)P1N(C)CC2. The van der Waals surface area contributed by atoms with Crippen LogP contribution in [-0.4, -0.2) is 79.3 Å². The maximum absolute atomic E-state index is 2.58. The Hall–Kier alpha value is 0.270. The van der Waals surface area contributed by atoms with E-state index >= 15 is 0 Å². The van der Waals surface area contributed by atoms with Gasteiger partial charge in [0.2, 0.25) is 0 Å². The van der Waals surface area contributed by atoms with Gasteiger partial charge in [-0.25, -0.2) is 0 Å². The van der Waals surface area contributed by atoms with Crippen LogP contribution in [0.15, 0.2) is 0 Å². The summed E-state index contributed by atoms with van der Waals surface area (Å²) in [4.78, 5) is 2.58. The Labute approximate surface area is 88.4 Å². The molecule has 0 radical (unpaired) electrons. The lowest BCUT2D eigenvalue weighted by atomic mass is 10.4. The van der Waals surface area contributed by atoms with Crippen molar-refractivity contribution in [3.05, 3.63) is 0 Å². The Balaban J connectivity index is 2.17. The van der Waals surface area contributed by atoms with Crippen molar-refractivity contribution in [1.29, 1.82) is 0 Å². The van der Waals surface area contributed by atoms with Crippen LogP contribution in [0.2, 0.25) is 0 Å². The molecule has 3 aliphatic heterocycles. The molecule has 5 heteroatoms. The first-order valence-electron chi connectivity index (χ1n) is 5.34. The standard InChI is InChI=1S/C9H21N4P/c1-10-4-7-13-8-5-11(2)14(10)12(3)6-9-13/h4-9H2,1-3H3. The van der Waals surface area contributed by atoms with Gasteiger partial charge < -0.3 is 0 Å². The van der Waals surface area contributed by atoms with E-state index in [4.69, 9.17) is 0 Å². The zero-order valence-corrected chi connectivity index (χ0v) is 10.4. The molecule has 0 aromatic carbocycles. The molecule has 0 aromatic rings. The molecule has 0 saturated carbocycles. The molecule has 14 heavy (non-hydrogen) atoms. The van der Waals surface area contributed by atoms with Crippen molar-refractivity contribution in [1.82, 2.24) is 18.9 Å². The molecule has 0 N–H and O–H groups in total. The molecule has 3 heterocycles. The van der Waals surface area contributed by atoms with E-state index in [9.17, 15) is 0 Å². The topological polar surface area (TPSA) is 13.0 Å². The van der Waals surface area contributed by atoms with Gasteiger partial charge in [0.05, 0.1) is 0 Å². The van der Waals surface area contributed by atoms with Crippen molar-refractivity contribution < 1.29 is 0 Å². The van der Waals surface area contributed by atoms with Crippen LogP contribution in [0.4, 0.5) is 0 Å². The van der Waals surface area contributed by atoms with E-state index in [1.54, 1.807) is 0 Å². The maximum atomic E-state index is 2.58. The highest BCUT2D eigenvalue weighted by Gasteiger charge is 2.30. The van der Waals surface area contributed by atoms with Crippen molar-refractivity contribution >= 4 is 8.37 Å². The zero-order chi connectivity index (χ0) is 10.1. The molecular weight excluding hydrogens is 195 g/mol. The molecule has 82 valence electrons. The number of rotatable bonds is 0. The fourth-order valence-corrected chi connectivity index (χ4v) is 4.61. The van der Waals surface area contributed by atoms with Crippen LogP contribution in [0.25, 0.3) is 0 Å². The molecule has 3 fully saturated rings. The van der Waals surface area contributed by atoms with Crippen LogP contribution in [0.5, 0.6) is 0 Å². The van der Waals surface area contributed by atoms with Crippen LogP contribution in [-0.2, 0) is 0 Å². The number of hydrogen-bond donors (Lipinski definition) is 0. The molecule has 3 aliphatic rings. The van der Waals surface area contributed by atoms with Crippen LogP contribution in [0.1, 0.15) is 0 Å². The molecule has 0 unspecified atom stereocenters. The lowest BCUT2D eigenvalue weighted by Gasteiger charge is -2.46. The van der Waals surface area contributed by atoms with Gasteiger partial charge in [-0.1, -0.05) is 0 Å². The third kappa shape index (κ3) is 2.10. The van der Waals surface area contributed by atoms with Crippen LogP contribution < -0.4 is 0 Å². The normalized spacial score (nSPS) is 37.9. The second kappa shape index (κ2) is 4.42. The van der Waals surface area contributed by atoms with Crippen LogP contribution >= 0.6 is 8.37 Å². The first-order chi connectivity index (χ1) is 6.68. The maximum Gasteiger partial charge on any atom is 0.119 e. The molecule has 0 atom stereocenters. The summed E-state index contributed by atoms with van der Waals surface area (Å²) in [5.74, 6) is 0. The fraction of sp³-hybridized carbons (Fsp3) is 1.00. The number of fused-ring (bicyclic) bond motifs is 6. The van der Waals surface area contributed by atoms with Crippen molar-refractivity contribution in [2.45, 2.75) is 0 Å². The van der Waals surface area contributed by atoms with Gasteiger partial charge in [0, 0.05) is 39.3 Å². The monoisotopic (exact) mass is 216 g/mol. The minimum atomic E-state index is -0.188. The predicted octanol–water partition coefficient (Wildman–Crippen LogP) is 0.338. The van der Waals surface area contributed by atoms with Crippen LogP contribution in [0, 0.1) is 0 Å². The van der Waals surface area contributed by atoms with Gasteiger partial charge in [0.25, 0.3) is 0 Å². The lowest BCUT2D eigenvalue weighted by Crippen LogP contribution is -2.49. The summed E-state index contributed by atoms with van der Waals surface area (Å²) in [6, 6.07) is 0. The average Bonchev–Trinajstić information content (AvgIpc) is 2.11. The molecule has 0 aliphatic carbocycles. The number of hydrogen-bond acceptors (Lipinski definition) is 4. The van der Waals surface area contributed by atoms with Crippen molar-refractivity contribution in [2.75, 3.05) is 60.4 Å². The van der Waals surface area contributed by atoms with E-state index in [1.807, 2.05) is 0 Å². The van der Waals surface area contributed by atoms with Gasteiger partial charge in [-0.15, -0.1) is 0 Å². The van der Waals surface area contributed by atoms with Gasteiger partial charge in [-0.05, 0) is 21.1 Å². The smallest absolute Gasteiger partial charge is 0.119 e. The molecule has 3 saturated heterocycles. The van der Waals surface area contributed by atoms with Gasteiger partial charge in [0.1, 0.15) is 8.37 Å². The lowest BCUT2D eigenvalue weighted by molar-refractivity contribution is 0.189. The van der Waals surface area contributed by atoms with E-state index in [2.05, 4.69) is 40.1 Å². The van der Waals surface area contributed by atoms with E-state index in [1.165, 1.54) is 39.3 Å². The molecule has 4 nitrogen and oxygen atoms in total.